The third-order valence-electron chi connectivity index (χ3n) is 3.63. The molecule has 1 aliphatic heterocycles. The van der Waals surface area contributed by atoms with Gasteiger partial charge in [-0.1, -0.05) is 23.2 Å². The number of hydrogen-bond donors (Lipinski definition) is 0. The second-order valence-corrected chi connectivity index (χ2v) is 6.27. The lowest BCUT2D eigenvalue weighted by atomic mass is 10.1. The number of likely N-dealkylation sites (tertiary alicyclic amines) is 1. The summed E-state index contributed by atoms with van der Waals surface area (Å²) in [5.74, 6) is 1.26. The standard InChI is InChI=1S/C17H16Cl2N2O3/c18-12-10-15(19)16(20-11-12)23-13-4-6-14(7-5-13)24-17(22)21-8-2-1-3-9-21/h4-7,10-11H,1-3,8-9H2. The first-order valence-corrected chi connectivity index (χ1v) is 8.43. The monoisotopic (exact) mass is 366 g/mol. The normalized spacial score (nSPS) is 14.3. The van der Waals surface area contributed by atoms with E-state index in [9.17, 15) is 4.79 Å². The average Bonchev–Trinajstić information content (AvgIpc) is 2.60. The van der Waals surface area contributed by atoms with Crippen molar-refractivity contribution in [3.8, 4) is 17.4 Å². The summed E-state index contributed by atoms with van der Waals surface area (Å²) in [6, 6.07) is 8.26. The van der Waals surface area contributed by atoms with Crippen molar-refractivity contribution in [2.75, 3.05) is 13.1 Å². The van der Waals surface area contributed by atoms with Gasteiger partial charge in [0.2, 0.25) is 5.88 Å². The van der Waals surface area contributed by atoms with Gasteiger partial charge in [-0.15, -0.1) is 0 Å². The summed E-state index contributed by atoms with van der Waals surface area (Å²) >= 11 is 11.8. The number of aromatic nitrogens is 1. The van der Waals surface area contributed by atoms with Crippen LogP contribution in [0.15, 0.2) is 36.5 Å². The summed E-state index contributed by atoms with van der Waals surface area (Å²) in [6.45, 7) is 1.50. The van der Waals surface area contributed by atoms with Gasteiger partial charge in [0.15, 0.2) is 0 Å². The van der Waals surface area contributed by atoms with Crippen molar-refractivity contribution >= 4 is 29.3 Å². The highest BCUT2D eigenvalue weighted by molar-refractivity contribution is 6.35. The fourth-order valence-electron chi connectivity index (χ4n) is 2.41. The van der Waals surface area contributed by atoms with Gasteiger partial charge in [-0.25, -0.2) is 9.78 Å². The van der Waals surface area contributed by atoms with Crippen molar-refractivity contribution in [1.29, 1.82) is 0 Å². The third kappa shape index (κ3) is 4.30. The van der Waals surface area contributed by atoms with Crippen LogP contribution < -0.4 is 9.47 Å². The Morgan fingerprint density at radius 3 is 2.38 bits per heavy atom. The maximum Gasteiger partial charge on any atom is 0.415 e. The van der Waals surface area contributed by atoms with Crippen LogP contribution in [0.5, 0.6) is 17.4 Å². The first kappa shape index (κ1) is 16.9. The van der Waals surface area contributed by atoms with Crippen LogP contribution in [0.2, 0.25) is 10.0 Å². The smallest absolute Gasteiger partial charge is 0.415 e. The summed E-state index contributed by atoms with van der Waals surface area (Å²) in [6.07, 6.45) is 4.35. The molecule has 0 radical (unpaired) electrons. The van der Waals surface area contributed by atoms with Crippen LogP contribution >= 0.6 is 23.2 Å². The van der Waals surface area contributed by atoms with Crippen molar-refractivity contribution in [2.45, 2.75) is 19.3 Å². The van der Waals surface area contributed by atoms with E-state index < -0.39 is 0 Å². The zero-order chi connectivity index (χ0) is 16.9. The largest absolute Gasteiger partial charge is 0.438 e. The lowest BCUT2D eigenvalue weighted by molar-refractivity contribution is 0.142. The number of rotatable bonds is 3. The second-order valence-electron chi connectivity index (χ2n) is 5.43. The number of hydrogen-bond acceptors (Lipinski definition) is 4. The maximum absolute atomic E-state index is 12.1. The van der Waals surface area contributed by atoms with Crippen LogP contribution in [0.1, 0.15) is 19.3 Å². The topological polar surface area (TPSA) is 51.7 Å². The van der Waals surface area contributed by atoms with E-state index in [0.29, 0.717) is 21.5 Å². The first-order valence-electron chi connectivity index (χ1n) is 7.67. The minimum atomic E-state index is -0.314. The summed E-state index contributed by atoms with van der Waals surface area (Å²) in [7, 11) is 0. The predicted octanol–water partition coefficient (Wildman–Crippen LogP) is 5.17. The molecule has 24 heavy (non-hydrogen) atoms. The maximum atomic E-state index is 12.1. The summed E-state index contributed by atoms with van der Waals surface area (Å²) in [4.78, 5) is 17.8. The van der Waals surface area contributed by atoms with Gasteiger partial charge >= 0.3 is 6.09 Å². The number of nitrogens with zero attached hydrogens (tertiary/aromatic N) is 2. The van der Waals surface area contributed by atoms with Crippen LogP contribution in [-0.2, 0) is 0 Å². The molecule has 0 unspecified atom stereocenters. The number of piperidine rings is 1. The van der Waals surface area contributed by atoms with Crippen LogP contribution in [0.4, 0.5) is 4.79 Å². The quantitative estimate of drug-likeness (QED) is 0.752. The van der Waals surface area contributed by atoms with Gasteiger partial charge in [-0.2, -0.15) is 0 Å². The fraction of sp³-hybridized carbons (Fsp3) is 0.294. The highest BCUT2D eigenvalue weighted by Gasteiger charge is 2.18. The van der Waals surface area contributed by atoms with Gasteiger partial charge in [-0.05, 0) is 49.6 Å². The van der Waals surface area contributed by atoms with Gasteiger partial charge < -0.3 is 14.4 Å². The number of carbonyl (C=O) groups is 1. The number of carbonyl (C=O) groups excluding carboxylic acids is 1. The van der Waals surface area contributed by atoms with Gasteiger partial charge in [0.1, 0.15) is 16.5 Å². The molecule has 1 fully saturated rings. The van der Waals surface area contributed by atoms with E-state index in [1.165, 1.54) is 6.20 Å². The van der Waals surface area contributed by atoms with Gasteiger partial charge in [0.25, 0.3) is 0 Å². The van der Waals surface area contributed by atoms with Crippen molar-refractivity contribution in [1.82, 2.24) is 9.88 Å². The van der Waals surface area contributed by atoms with Crippen molar-refractivity contribution in [2.24, 2.45) is 0 Å². The molecule has 2 aromatic rings. The van der Waals surface area contributed by atoms with E-state index in [2.05, 4.69) is 4.98 Å². The first-order chi connectivity index (χ1) is 11.6. The highest BCUT2D eigenvalue weighted by atomic mass is 35.5. The van der Waals surface area contributed by atoms with E-state index in [-0.39, 0.29) is 12.0 Å². The molecule has 0 N–H and O–H groups in total. The van der Waals surface area contributed by atoms with Crippen molar-refractivity contribution in [3.05, 3.63) is 46.6 Å². The van der Waals surface area contributed by atoms with Crippen LogP contribution in [0, 0.1) is 0 Å². The van der Waals surface area contributed by atoms with Crippen molar-refractivity contribution < 1.29 is 14.3 Å². The van der Waals surface area contributed by atoms with Gasteiger partial charge in [0.05, 0.1) is 5.02 Å². The Morgan fingerprint density at radius 1 is 1.04 bits per heavy atom. The number of amides is 1. The highest BCUT2D eigenvalue weighted by Crippen LogP contribution is 2.30. The SMILES string of the molecule is O=C(Oc1ccc(Oc2ncc(Cl)cc2Cl)cc1)N1CCCCC1. The molecular formula is C17H16Cl2N2O3. The molecular weight excluding hydrogens is 351 g/mol. The molecule has 1 aromatic heterocycles. The molecule has 2 heterocycles. The minimum absolute atomic E-state index is 0.263. The zero-order valence-electron chi connectivity index (χ0n) is 12.9. The molecule has 1 amide bonds. The lowest BCUT2D eigenvalue weighted by Crippen LogP contribution is -2.37. The molecule has 1 saturated heterocycles. The van der Waals surface area contributed by atoms with E-state index in [1.54, 1.807) is 35.2 Å². The van der Waals surface area contributed by atoms with Gasteiger partial charge in [-0.3, -0.25) is 0 Å². The summed E-state index contributed by atoms with van der Waals surface area (Å²) in [5.41, 5.74) is 0. The Bertz CT molecular complexity index is 716. The molecule has 0 aliphatic carbocycles. The number of benzene rings is 1. The molecule has 1 aliphatic rings. The molecule has 7 heteroatoms. The predicted molar refractivity (Wildman–Crippen MR) is 92.2 cm³/mol. The number of ether oxygens (including phenoxy) is 2. The van der Waals surface area contributed by atoms with Crippen LogP contribution in [0.3, 0.4) is 0 Å². The van der Waals surface area contributed by atoms with E-state index in [4.69, 9.17) is 32.7 Å². The Kier molecular flexibility index (Phi) is 5.43. The van der Waals surface area contributed by atoms with Gasteiger partial charge in [0, 0.05) is 19.3 Å². The summed E-state index contributed by atoms with van der Waals surface area (Å²) < 4.78 is 11.0. The Balaban J connectivity index is 1.61. The van der Waals surface area contributed by atoms with Crippen LogP contribution in [0.25, 0.3) is 0 Å². The average molecular weight is 367 g/mol. The second kappa shape index (κ2) is 7.73. The van der Waals surface area contributed by atoms with E-state index >= 15 is 0 Å². The molecule has 0 saturated carbocycles. The Labute approximate surface area is 150 Å². The van der Waals surface area contributed by atoms with E-state index in [0.717, 1.165) is 32.4 Å². The molecule has 3 rings (SSSR count). The van der Waals surface area contributed by atoms with Crippen molar-refractivity contribution in [3.63, 3.8) is 0 Å². The molecule has 0 spiro atoms. The van der Waals surface area contributed by atoms with Crippen LogP contribution in [-0.4, -0.2) is 29.1 Å². The number of halogens is 2. The summed E-state index contributed by atoms with van der Waals surface area (Å²) in [5, 5.41) is 0.760. The molecule has 5 nitrogen and oxygen atoms in total. The number of pyridine rings is 1. The Hall–Kier alpha value is -1.98. The molecule has 0 atom stereocenters. The Morgan fingerprint density at radius 2 is 1.71 bits per heavy atom. The minimum Gasteiger partial charge on any atom is -0.438 e. The molecule has 0 bridgehead atoms. The molecule has 1 aromatic carbocycles. The third-order valence-corrected chi connectivity index (χ3v) is 4.11. The van der Waals surface area contributed by atoms with E-state index in [1.807, 2.05) is 0 Å². The lowest BCUT2D eigenvalue weighted by Gasteiger charge is -2.25. The zero-order valence-corrected chi connectivity index (χ0v) is 14.4. The fourth-order valence-corrected chi connectivity index (χ4v) is 2.83. The molecule has 126 valence electrons.